The number of para-hydroxylation sites is 1. The maximum Gasteiger partial charge on any atom is 0.230 e. The normalized spacial score (nSPS) is 15.0. The molecule has 0 saturated heterocycles. The third-order valence-corrected chi connectivity index (χ3v) is 5.94. The van der Waals surface area contributed by atoms with Gasteiger partial charge in [0.1, 0.15) is 5.75 Å². The second-order valence-corrected chi connectivity index (χ2v) is 8.60. The molecule has 6 nitrogen and oxygen atoms in total. The van der Waals surface area contributed by atoms with Crippen LogP contribution in [0.15, 0.2) is 29.4 Å². The lowest BCUT2D eigenvalue weighted by molar-refractivity contribution is -0.118. The van der Waals surface area contributed by atoms with Crippen LogP contribution in [-0.4, -0.2) is 40.1 Å². The topological polar surface area (TPSA) is 69.0 Å². The standard InChI is InChI=1S/C21H30N4O2S/c1-15(2)13-22-19(26)14-28-21-24-23-20(17-11-7-8-12-18(17)27-3)25(21)16-9-5-4-6-10-16/h7-8,11-12,15-16H,4-6,9-10,13-14H2,1-3H3,(H,22,26). The van der Waals surface area contributed by atoms with Crippen molar-refractivity contribution in [1.29, 1.82) is 0 Å². The molecule has 0 atom stereocenters. The Bertz CT molecular complexity index is 784. The molecule has 1 amide bonds. The Kier molecular flexibility index (Phi) is 7.36. The number of amides is 1. The monoisotopic (exact) mass is 402 g/mol. The van der Waals surface area contributed by atoms with E-state index in [1.165, 1.54) is 31.0 Å². The summed E-state index contributed by atoms with van der Waals surface area (Å²) in [6.45, 7) is 4.88. The summed E-state index contributed by atoms with van der Waals surface area (Å²) in [5.74, 6) is 2.45. The van der Waals surface area contributed by atoms with E-state index in [4.69, 9.17) is 4.74 Å². The van der Waals surface area contributed by atoms with E-state index in [9.17, 15) is 4.79 Å². The molecule has 0 aliphatic heterocycles. The lowest BCUT2D eigenvalue weighted by Crippen LogP contribution is -2.29. The molecule has 0 bridgehead atoms. The van der Waals surface area contributed by atoms with Crippen LogP contribution in [0.4, 0.5) is 0 Å². The van der Waals surface area contributed by atoms with Crippen molar-refractivity contribution < 1.29 is 9.53 Å². The second kappa shape index (κ2) is 9.96. The maximum atomic E-state index is 12.2. The Morgan fingerprint density at radius 1 is 1.25 bits per heavy atom. The fourth-order valence-electron chi connectivity index (χ4n) is 3.56. The van der Waals surface area contributed by atoms with Gasteiger partial charge >= 0.3 is 0 Å². The highest BCUT2D eigenvalue weighted by Crippen LogP contribution is 2.37. The zero-order valence-electron chi connectivity index (χ0n) is 17.0. The summed E-state index contributed by atoms with van der Waals surface area (Å²) in [7, 11) is 1.68. The van der Waals surface area contributed by atoms with Gasteiger partial charge in [-0.25, -0.2) is 0 Å². The summed E-state index contributed by atoms with van der Waals surface area (Å²) in [5, 5.41) is 12.7. The van der Waals surface area contributed by atoms with Crippen LogP contribution < -0.4 is 10.1 Å². The number of nitrogens with one attached hydrogen (secondary N) is 1. The largest absolute Gasteiger partial charge is 0.496 e. The zero-order valence-corrected chi connectivity index (χ0v) is 17.8. The molecule has 1 saturated carbocycles. The minimum Gasteiger partial charge on any atom is -0.496 e. The lowest BCUT2D eigenvalue weighted by Gasteiger charge is -2.26. The molecule has 0 unspecified atom stereocenters. The molecular formula is C21H30N4O2S. The number of aromatic nitrogens is 3. The van der Waals surface area contributed by atoms with E-state index >= 15 is 0 Å². The summed E-state index contributed by atoms with van der Waals surface area (Å²) in [4.78, 5) is 12.2. The van der Waals surface area contributed by atoms with Crippen molar-refractivity contribution in [3.63, 3.8) is 0 Å². The molecule has 3 rings (SSSR count). The van der Waals surface area contributed by atoms with Gasteiger partial charge in [-0.15, -0.1) is 10.2 Å². The molecule has 7 heteroatoms. The number of carbonyl (C=O) groups is 1. The molecule has 1 fully saturated rings. The number of hydrogen-bond acceptors (Lipinski definition) is 5. The number of ether oxygens (including phenoxy) is 1. The molecule has 2 aromatic rings. The highest BCUT2D eigenvalue weighted by atomic mass is 32.2. The fourth-order valence-corrected chi connectivity index (χ4v) is 4.39. The van der Waals surface area contributed by atoms with Crippen LogP contribution in [0.25, 0.3) is 11.4 Å². The average molecular weight is 403 g/mol. The van der Waals surface area contributed by atoms with Crippen molar-refractivity contribution in [2.24, 2.45) is 5.92 Å². The van der Waals surface area contributed by atoms with Crippen molar-refractivity contribution >= 4 is 17.7 Å². The van der Waals surface area contributed by atoms with Crippen molar-refractivity contribution in [1.82, 2.24) is 20.1 Å². The number of hydrogen-bond donors (Lipinski definition) is 1. The Morgan fingerprint density at radius 3 is 2.71 bits per heavy atom. The molecular weight excluding hydrogens is 372 g/mol. The summed E-state index contributed by atoms with van der Waals surface area (Å²) >= 11 is 1.47. The van der Waals surface area contributed by atoms with Gasteiger partial charge in [0, 0.05) is 12.6 Å². The van der Waals surface area contributed by atoms with E-state index in [1.807, 2.05) is 24.3 Å². The van der Waals surface area contributed by atoms with Crippen LogP contribution in [0.2, 0.25) is 0 Å². The molecule has 1 aliphatic rings. The first-order valence-electron chi connectivity index (χ1n) is 10.1. The predicted octanol–water partition coefficient (Wildman–Crippen LogP) is 4.32. The van der Waals surface area contributed by atoms with Crippen LogP contribution in [-0.2, 0) is 4.79 Å². The summed E-state index contributed by atoms with van der Waals surface area (Å²) < 4.78 is 7.79. The van der Waals surface area contributed by atoms with Gasteiger partial charge in [-0.1, -0.05) is 57.0 Å². The number of methoxy groups -OCH3 is 1. The van der Waals surface area contributed by atoms with Gasteiger partial charge in [0.05, 0.1) is 18.4 Å². The molecule has 1 aromatic carbocycles. The van der Waals surface area contributed by atoms with Gasteiger partial charge in [-0.2, -0.15) is 0 Å². The molecule has 1 heterocycles. The first kappa shape index (κ1) is 20.7. The summed E-state index contributed by atoms with van der Waals surface area (Å²) in [5.41, 5.74) is 0.944. The van der Waals surface area contributed by atoms with Crippen LogP contribution >= 0.6 is 11.8 Å². The highest BCUT2D eigenvalue weighted by Gasteiger charge is 2.25. The van der Waals surface area contributed by atoms with Crippen molar-refractivity contribution in [3.8, 4) is 17.1 Å². The van der Waals surface area contributed by atoms with Gasteiger partial charge in [-0.05, 0) is 30.9 Å². The van der Waals surface area contributed by atoms with E-state index in [2.05, 4.69) is 33.9 Å². The van der Waals surface area contributed by atoms with Gasteiger partial charge in [0.15, 0.2) is 11.0 Å². The Morgan fingerprint density at radius 2 is 2.00 bits per heavy atom. The number of rotatable bonds is 8. The zero-order chi connectivity index (χ0) is 19.9. The molecule has 0 spiro atoms. The van der Waals surface area contributed by atoms with Crippen LogP contribution in [0.1, 0.15) is 52.0 Å². The Hall–Kier alpha value is -2.02. The summed E-state index contributed by atoms with van der Waals surface area (Å²) in [6.07, 6.45) is 5.95. The van der Waals surface area contributed by atoms with E-state index in [-0.39, 0.29) is 5.91 Å². The number of thioether (sulfide) groups is 1. The molecule has 152 valence electrons. The third-order valence-electron chi connectivity index (χ3n) is 4.99. The fraction of sp³-hybridized carbons (Fsp3) is 0.571. The molecule has 1 aromatic heterocycles. The highest BCUT2D eigenvalue weighted by molar-refractivity contribution is 7.99. The van der Waals surface area contributed by atoms with Gasteiger partial charge in [0.25, 0.3) is 0 Å². The quantitative estimate of drug-likeness (QED) is 0.666. The van der Waals surface area contributed by atoms with E-state index < -0.39 is 0 Å². The first-order chi connectivity index (χ1) is 13.6. The first-order valence-corrected chi connectivity index (χ1v) is 11.1. The molecule has 28 heavy (non-hydrogen) atoms. The minimum atomic E-state index is 0.0377. The van der Waals surface area contributed by atoms with E-state index in [0.717, 1.165) is 35.1 Å². The molecule has 1 aliphatic carbocycles. The van der Waals surface area contributed by atoms with Gasteiger partial charge in [0.2, 0.25) is 5.91 Å². The van der Waals surface area contributed by atoms with Crippen LogP contribution in [0, 0.1) is 5.92 Å². The summed E-state index contributed by atoms with van der Waals surface area (Å²) in [6, 6.07) is 8.28. The Labute approximate surface area is 171 Å². The van der Waals surface area contributed by atoms with Gasteiger partial charge < -0.3 is 10.1 Å². The van der Waals surface area contributed by atoms with Crippen LogP contribution in [0.3, 0.4) is 0 Å². The number of nitrogens with zero attached hydrogens (tertiary/aromatic N) is 3. The van der Waals surface area contributed by atoms with Gasteiger partial charge in [-0.3, -0.25) is 9.36 Å². The van der Waals surface area contributed by atoms with Crippen molar-refractivity contribution in [2.45, 2.75) is 57.1 Å². The van der Waals surface area contributed by atoms with Crippen molar-refractivity contribution in [3.05, 3.63) is 24.3 Å². The predicted molar refractivity (Wildman–Crippen MR) is 113 cm³/mol. The number of benzene rings is 1. The molecule has 0 radical (unpaired) electrons. The molecule has 1 N–H and O–H groups in total. The average Bonchev–Trinajstić information content (AvgIpc) is 3.15. The smallest absolute Gasteiger partial charge is 0.230 e. The lowest BCUT2D eigenvalue weighted by atomic mass is 9.95. The SMILES string of the molecule is COc1ccccc1-c1nnc(SCC(=O)NCC(C)C)n1C1CCCCC1. The van der Waals surface area contributed by atoms with Crippen molar-refractivity contribution in [2.75, 3.05) is 19.4 Å². The Balaban J connectivity index is 1.86. The van der Waals surface area contributed by atoms with E-state index in [1.54, 1.807) is 7.11 Å². The minimum absolute atomic E-state index is 0.0377. The number of carbonyl (C=O) groups excluding carboxylic acids is 1. The van der Waals surface area contributed by atoms with E-state index in [0.29, 0.717) is 24.3 Å². The third kappa shape index (κ3) is 5.07. The second-order valence-electron chi connectivity index (χ2n) is 7.65. The maximum absolute atomic E-state index is 12.2. The van der Waals surface area contributed by atoms with Crippen LogP contribution in [0.5, 0.6) is 5.75 Å².